The third-order valence-corrected chi connectivity index (χ3v) is 4.99. The first-order chi connectivity index (χ1) is 10.2. The topological polar surface area (TPSA) is 54.9 Å². The molecular formula is C14H10ClN3OS2. The first-order valence-corrected chi connectivity index (χ1v) is 8.45. The van der Waals surface area contributed by atoms with E-state index in [4.69, 9.17) is 11.6 Å². The number of amides is 1. The van der Waals surface area contributed by atoms with E-state index in [9.17, 15) is 4.79 Å². The molecule has 3 aromatic rings. The molecular weight excluding hydrogens is 326 g/mol. The second kappa shape index (κ2) is 6.01. The standard InChI is InChI=1S/C14H10ClN3OS2/c1-20-14-18-10-3-2-9(7-12(10)21-14)17-13(19)11-6-8(15)4-5-16-11/h2-7H,1H3,(H,17,19). The SMILES string of the molecule is CSc1nc2ccc(NC(=O)c3cc(Cl)ccn3)cc2s1. The third-order valence-electron chi connectivity index (χ3n) is 2.76. The molecule has 0 saturated carbocycles. The predicted molar refractivity (Wildman–Crippen MR) is 88.6 cm³/mol. The molecule has 3 rings (SSSR count). The van der Waals surface area contributed by atoms with Crippen LogP contribution in [0.3, 0.4) is 0 Å². The highest BCUT2D eigenvalue weighted by Crippen LogP contribution is 2.30. The number of thioether (sulfide) groups is 1. The predicted octanol–water partition coefficient (Wildman–Crippen LogP) is 4.32. The van der Waals surface area contributed by atoms with Crippen molar-refractivity contribution in [3.05, 3.63) is 47.2 Å². The molecule has 2 heterocycles. The summed E-state index contributed by atoms with van der Waals surface area (Å²) in [6.45, 7) is 0. The molecule has 106 valence electrons. The van der Waals surface area contributed by atoms with Gasteiger partial charge in [-0.3, -0.25) is 9.78 Å². The van der Waals surface area contributed by atoms with E-state index >= 15 is 0 Å². The van der Waals surface area contributed by atoms with Gasteiger partial charge < -0.3 is 5.32 Å². The molecule has 0 radical (unpaired) electrons. The number of halogens is 1. The molecule has 1 amide bonds. The molecule has 0 aliphatic heterocycles. The monoisotopic (exact) mass is 335 g/mol. The van der Waals surface area contributed by atoms with Gasteiger partial charge >= 0.3 is 0 Å². The van der Waals surface area contributed by atoms with Crippen LogP contribution in [0.4, 0.5) is 5.69 Å². The number of hydrogen-bond acceptors (Lipinski definition) is 5. The summed E-state index contributed by atoms with van der Waals surface area (Å²) in [5.74, 6) is -0.286. The van der Waals surface area contributed by atoms with Crippen LogP contribution in [-0.2, 0) is 0 Å². The van der Waals surface area contributed by atoms with Crippen molar-refractivity contribution in [1.82, 2.24) is 9.97 Å². The van der Waals surface area contributed by atoms with Gasteiger partial charge in [0.15, 0.2) is 4.34 Å². The molecule has 7 heteroatoms. The minimum atomic E-state index is -0.286. The largest absolute Gasteiger partial charge is 0.321 e. The fourth-order valence-corrected chi connectivity index (χ4v) is 3.48. The molecule has 0 atom stereocenters. The van der Waals surface area contributed by atoms with Gasteiger partial charge in [-0.2, -0.15) is 0 Å². The summed E-state index contributed by atoms with van der Waals surface area (Å²) in [6, 6.07) is 8.80. The lowest BCUT2D eigenvalue weighted by Gasteiger charge is -2.04. The molecule has 0 fully saturated rings. The Labute approximate surface area is 134 Å². The lowest BCUT2D eigenvalue weighted by Crippen LogP contribution is -2.13. The Bertz CT molecular complexity index is 819. The summed E-state index contributed by atoms with van der Waals surface area (Å²) in [4.78, 5) is 20.6. The van der Waals surface area contributed by atoms with E-state index in [1.165, 1.54) is 12.3 Å². The zero-order valence-electron chi connectivity index (χ0n) is 11.0. The normalized spacial score (nSPS) is 10.8. The summed E-state index contributed by atoms with van der Waals surface area (Å²) >= 11 is 9.07. The number of carbonyl (C=O) groups excluding carboxylic acids is 1. The lowest BCUT2D eigenvalue weighted by atomic mass is 10.2. The maximum atomic E-state index is 12.1. The van der Waals surface area contributed by atoms with E-state index in [1.54, 1.807) is 29.2 Å². The highest BCUT2D eigenvalue weighted by atomic mass is 35.5. The van der Waals surface area contributed by atoms with Crippen LogP contribution in [0, 0.1) is 0 Å². The van der Waals surface area contributed by atoms with Gasteiger partial charge in [0.1, 0.15) is 5.69 Å². The van der Waals surface area contributed by atoms with Crippen LogP contribution in [0.1, 0.15) is 10.5 Å². The first kappa shape index (κ1) is 14.3. The quantitative estimate of drug-likeness (QED) is 0.724. The zero-order chi connectivity index (χ0) is 14.8. The van der Waals surface area contributed by atoms with E-state index in [0.29, 0.717) is 10.7 Å². The van der Waals surface area contributed by atoms with Crippen molar-refractivity contribution in [2.75, 3.05) is 11.6 Å². The van der Waals surface area contributed by atoms with E-state index in [-0.39, 0.29) is 11.6 Å². The molecule has 0 aliphatic rings. The second-order valence-electron chi connectivity index (χ2n) is 4.18. The third kappa shape index (κ3) is 3.18. The zero-order valence-corrected chi connectivity index (χ0v) is 13.4. The van der Waals surface area contributed by atoms with Crippen molar-refractivity contribution in [1.29, 1.82) is 0 Å². The molecule has 0 spiro atoms. The van der Waals surface area contributed by atoms with E-state index in [0.717, 1.165) is 14.6 Å². The number of nitrogens with zero attached hydrogens (tertiary/aromatic N) is 2. The molecule has 0 unspecified atom stereocenters. The maximum absolute atomic E-state index is 12.1. The number of anilines is 1. The van der Waals surface area contributed by atoms with Crippen LogP contribution in [0.5, 0.6) is 0 Å². The van der Waals surface area contributed by atoms with Crippen molar-refractivity contribution < 1.29 is 4.79 Å². The van der Waals surface area contributed by atoms with Gasteiger partial charge in [-0.1, -0.05) is 23.4 Å². The number of rotatable bonds is 3. The summed E-state index contributed by atoms with van der Waals surface area (Å²) in [7, 11) is 0. The van der Waals surface area contributed by atoms with Gasteiger partial charge in [-0.05, 0) is 36.6 Å². The van der Waals surface area contributed by atoms with Crippen molar-refractivity contribution in [3.8, 4) is 0 Å². The maximum Gasteiger partial charge on any atom is 0.274 e. The average Bonchev–Trinajstić information content (AvgIpc) is 2.89. The minimum Gasteiger partial charge on any atom is -0.321 e. The Morgan fingerprint density at radius 3 is 2.95 bits per heavy atom. The molecule has 2 aromatic heterocycles. The number of carbonyl (C=O) groups is 1. The summed E-state index contributed by atoms with van der Waals surface area (Å²) < 4.78 is 2.04. The van der Waals surface area contributed by atoms with Gasteiger partial charge in [-0.25, -0.2) is 4.98 Å². The Morgan fingerprint density at radius 2 is 2.19 bits per heavy atom. The lowest BCUT2D eigenvalue weighted by molar-refractivity contribution is 0.102. The van der Waals surface area contributed by atoms with E-state index < -0.39 is 0 Å². The summed E-state index contributed by atoms with van der Waals surface area (Å²) in [5.41, 5.74) is 1.94. The van der Waals surface area contributed by atoms with Gasteiger partial charge in [0.05, 0.1) is 10.2 Å². The number of thiazole rings is 1. The van der Waals surface area contributed by atoms with Crippen molar-refractivity contribution >= 4 is 56.5 Å². The Morgan fingerprint density at radius 1 is 1.33 bits per heavy atom. The average molecular weight is 336 g/mol. The summed E-state index contributed by atoms with van der Waals surface area (Å²) in [5, 5.41) is 3.30. The van der Waals surface area contributed by atoms with Crippen molar-refractivity contribution in [2.45, 2.75) is 4.34 Å². The van der Waals surface area contributed by atoms with Crippen LogP contribution in [0.15, 0.2) is 40.9 Å². The van der Waals surface area contributed by atoms with Gasteiger partial charge in [0.2, 0.25) is 0 Å². The number of aromatic nitrogens is 2. The van der Waals surface area contributed by atoms with E-state index in [2.05, 4.69) is 15.3 Å². The highest BCUT2D eigenvalue weighted by Gasteiger charge is 2.09. The molecule has 0 saturated heterocycles. The van der Waals surface area contributed by atoms with Crippen molar-refractivity contribution in [3.63, 3.8) is 0 Å². The second-order valence-corrected chi connectivity index (χ2v) is 6.70. The first-order valence-electron chi connectivity index (χ1n) is 6.03. The minimum absolute atomic E-state index is 0.286. The van der Waals surface area contributed by atoms with Crippen LogP contribution in [-0.4, -0.2) is 22.1 Å². The highest BCUT2D eigenvalue weighted by molar-refractivity contribution is 8.00. The van der Waals surface area contributed by atoms with E-state index in [1.807, 2.05) is 24.5 Å². The number of pyridine rings is 1. The van der Waals surface area contributed by atoms with Gasteiger partial charge in [-0.15, -0.1) is 11.3 Å². The van der Waals surface area contributed by atoms with Gasteiger partial charge in [0, 0.05) is 16.9 Å². The molecule has 0 bridgehead atoms. The number of hydrogen-bond donors (Lipinski definition) is 1. The van der Waals surface area contributed by atoms with Crippen LogP contribution in [0.25, 0.3) is 10.2 Å². The van der Waals surface area contributed by atoms with Gasteiger partial charge in [0.25, 0.3) is 5.91 Å². The number of fused-ring (bicyclic) bond motifs is 1. The van der Waals surface area contributed by atoms with Crippen LogP contribution < -0.4 is 5.32 Å². The smallest absolute Gasteiger partial charge is 0.274 e. The fraction of sp³-hybridized carbons (Fsp3) is 0.0714. The molecule has 4 nitrogen and oxygen atoms in total. The summed E-state index contributed by atoms with van der Waals surface area (Å²) in [6.07, 6.45) is 3.50. The van der Waals surface area contributed by atoms with Crippen molar-refractivity contribution in [2.24, 2.45) is 0 Å². The Kier molecular flexibility index (Phi) is 4.10. The molecule has 0 aliphatic carbocycles. The molecule has 21 heavy (non-hydrogen) atoms. The molecule has 1 N–H and O–H groups in total. The number of benzene rings is 1. The fourth-order valence-electron chi connectivity index (χ4n) is 1.79. The Hall–Kier alpha value is -1.63. The molecule has 1 aromatic carbocycles. The Balaban J connectivity index is 1.85. The number of nitrogens with one attached hydrogen (secondary N) is 1. The van der Waals surface area contributed by atoms with Crippen LogP contribution in [0.2, 0.25) is 5.02 Å². The van der Waals surface area contributed by atoms with Crippen LogP contribution >= 0.6 is 34.7 Å².